The molecule has 0 fully saturated rings. The predicted octanol–water partition coefficient (Wildman–Crippen LogP) is 0.927. The van der Waals surface area contributed by atoms with Crippen molar-refractivity contribution in [2.24, 2.45) is 5.73 Å². The van der Waals surface area contributed by atoms with Crippen LogP contribution in [0.5, 0.6) is 0 Å². The number of hydrogen-bond donors (Lipinski definition) is 2. The Kier molecular flexibility index (Phi) is 4.01. The summed E-state index contributed by atoms with van der Waals surface area (Å²) in [5, 5.41) is 22.6. The number of rotatable bonds is 5. The van der Waals surface area contributed by atoms with Gasteiger partial charge >= 0.3 is 5.69 Å². The van der Waals surface area contributed by atoms with Crippen molar-refractivity contribution >= 4 is 17.4 Å². The lowest BCUT2D eigenvalue weighted by Crippen LogP contribution is -2.36. The van der Waals surface area contributed by atoms with E-state index in [9.17, 15) is 14.9 Å². The van der Waals surface area contributed by atoms with Crippen LogP contribution in [-0.2, 0) is 4.79 Å². The second-order valence-electron chi connectivity index (χ2n) is 4.58. The van der Waals surface area contributed by atoms with Gasteiger partial charge in [-0.3, -0.25) is 14.9 Å². The Balaban J connectivity index is 3.18. The average molecular weight is 263 g/mol. The molecule has 1 aromatic heterocycles. The van der Waals surface area contributed by atoms with Crippen molar-refractivity contribution in [3.05, 3.63) is 27.9 Å². The maximum absolute atomic E-state index is 11.0. The van der Waals surface area contributed by atoms with E-state index in [0.717, 1.165) is 0 Å². The van der Waals surface area contributed by atoms with Crippen molar-refractivity contribution in [3.63, 3.8) is 0 Å². The molecule has 1 heterocycles. The molecule has 1 rings (SSSR count). The number of carbonyl (C=O) groups is 1. The summed E-state index contributed by atoms with van der Waals surface area (Å²) >= 11 is 0. The standard InChI is InChI=1S/C11H13N5O3/c1-11(2,5-8(13)17)15-10-9(16(18)19)7(6-12)3-4-14-10/h3-4H,5H2,1-2H3,(H2,13,17)(H,14,15). The van der Waals surface area contributed by atoms with Gasteiger partial charge < -0.3 is 11.1 Å². The fourth-order valence-electron chi connectivity index (χ4n) is 1.62. The van der Waals surface area contributed by atoms with Crippen molar-refractivity contribution in [1.29, 1.82) is 5.26 Å². The van der Waals surface area contributed by atoms with Crippen molar-refractivity contribution in [3.8, 4) is 6.07 Å². The first kappa shape index (κ1) is 14.4. The van der Waals surface area contributed by atoms with Crippen molar-refractivity contribution in [1.82, 2.24) is 4.98 Å². The topological polar surface area (TPSA) is 135 Å². The molecule has 0 saturated carbocycles. The lowest BCUT2D eigenvalue weighted by molar-refractivity contribution is -0.384. The number of amides is 1. The summed E-state index contributed by atoms with van der Waals surface area (Å²) in [5.41, 5.74) is 3.78. The van der Waals surface area contributed by atoms with E-state index in [1.807, 2.05) is 0 Å². The number of primary amides is 1. The molecule has 8 heteroatoms. The number of aromatic nitrogens is 1. The Morgan fingerprint density at radius 1 is 1.68 bits per heavy atom. The molecular weight excluding hydrogens is 250 g/mol. The highest BCUT2D eigenvalue weighted by atomic mass is 16.6. The summed E-state index contributed by atoms with van der Waals surface area (Å²) in [5.74, 6) is -0.605. The van der Waals surface area contributed by atoms with Crippen molar-refractivity contribution in [2.75, 3.05) is 5.32 Å². The van der Waals surface area contributed by atoms with E-state index in [0.29, 0.717) is 0 Å². The van der Waals surface area contributed by atoms with Gasteiger partial charge in [-0.15, -0.1) is 0 Å². The Labute approximate surface area is 109 Å². The van der Waals surface area contributed by atoms with E-state index in [1.165, 1.54) is 12.3 Å². The van der Waals surface area contributed by atoms with Crippen LogP contribution >= 0.6 is 0 Å². The highest BCUT2D eigenvalue weighted by molar-refractivity contribution is 5.76. The van der Waals surface area contributed by atoms with Gasteiger partial charge in [-0.25, -0.2) is 4.98 Å². The van der Waals surface area contributed by atoms with E-state index in [2.05, 4.69) is 10.3 Å². The third kappa shape index (κ3) is 3.64. The molecule has 0 unspecified atom stereocenters. The van der Waals surface area contributed by atoms with Gasteiger partial charge in [0.05, 0.1) is 4.92 Å². The zero-order valence-corrected chi connectivity index (χ0v) is 10.5. The lowest BCUT2D eigenvalue weighted by Gasteiger charge is -2.25. The highest BCUT2D eigenvalue weighted by Gasteiger charge is 2.27. The number of nitrogens with one attached hydrogen (secondary N) is 1. The smallest absolute Gasteiger partial charge is 0.328 e. The Hall–Kier alpha value is -2.69. The SMILES string of the molecule is CC(C)(CC(N)=O)Nc1nccc(C#N)c1[N+](=O)[O-]. The molecule has 1 amide bonds. The Morgan fingerprint density at radius 2 is 2.32 bits per heavy atom. The van der Waals surface area contributed by atoms with Crippen LogP contribution in [0.4, 0.5) is 11.5 Å². The van der Waals surface area contributed by atoms with Crippen LogP contribution in [0.15, 0.2) is 12.3 Å². The maximum atomic E-state index is 11.0. The maximum Gasteiger partial charge on any atom is 0.328 e. The number of anilines is 1. The molecule has 0 radical (unpaired) electrons. The molecule has 1 aromatic rings. The predicted molar refractivity (Wildman–Crippen MR) is 67.1 cm³/mol. The third-order valence-corrected chi connectivity index (χ3v) is 2.30. The number of hydrogen-bond acceptors (Lipinski definition) is 6. The van der Waals surface area contributed by atoms with Crippen molar-refractivity contribution in [2.45, 2.75) is 25.8 Å². The second kappa shape index (κ2) is 5.30. The molecule has 100 valence electrons. The molecule has 0 atom stereocenters. The Morgan fingerprint density at radius 3 is 2.79 bits per heavy atom. The Bertz CT molecular complexity index is 562. The van der Waals surface area contributed by atoms with Gasteiger partial charge in [0, 0.05) is 18.2 Å². The summed E-state index contributed by atoms with van der Waals surface area (Å²) in [6.07, 6.45) is 1.26. The van der Waals surface area contributed by atoms with E-state index >= 15 is 0 Å². The van der Waals surface area contributed by atoms with E-state index in [-0.39, 0.29) is 17.8 Å². The summed E-state index contributed by atoms with van der Waals surface area (Å²) in [7, 11) is 0. The third-order valence-electron chi connectivity index (χ3n) is 2.30. The van der Waals surface area contributed by atoms with Gasteiger partial charge in [0.15, 0.2) is 0 Å². The van der Waals surface area contributed by atoms with Gasteiger partial charge in [-0.2, -0.15) is 5.26 Å². The number of pyridine rings is 1. The number of nitrogens with zero attached hydrogens (tertiary/aromatic N) is 3. The van der Waals surface area contributed by atoms with Crippen molar-refractivity contribution < 1.29 is 9.72 Å². The minimum Gasteiger partial charge on any atom is -0.370 e. The first-order valence-electron chi connectivity index (χ1n) is 5.37. The minimum absolute atomic E-state index is 0.0252. The van der Waals surface area contributed by atoms with Gasteiger partial charge in [0.1, 0.15) is 11.6 Å². The zero-order chi connectivity index (χ0) is 14.6. The molecule has 0 spiro atoms. The van der Waals surface area contributed by atoms with Gasteiger partial charge in [-0.1, -0.05) is 0 Å². The quantitative estimate of drug-likeness (QED) is 0.599. The van der Waals surface area contributed by atoms with E-state index in [4.69, 9.17) is 11.0 Å². The summed E-state index contributed by atoms with van der Waals surface area (Å²) in [6, 6.07) is 2.98. The lowest BCUT2D eigenvalue weighted by atomic mass is 10.00. The van der Waals surface area contributed by atoms with Gasteiger partial charge in [0.2, 0.25) is 11.7 Å². The number of nitriles is 1. The summed E-state index contributed by atoms with van der Waals surface area (Å²) in [4.78, 5) is 25.1. The fourth-order valence-corrected chi connectivity index (χ4v) is 1.62. The van der Waals surface area contributed by atoms with Crippen LogP contribution in [0.1, 0.15) is 25.8 Å². The van der Waals surface area contributed by atoms with Crippen LogP contribution in [0.3, 0.4) is 0 Å². The number of nitrogens with two attached hydrogens (primary N) is 1. The van der Waals surface area contributed by atoms with Gasteiger partial charge in [0.25, 0.3) is 0 Å². The zero-order valence-electron chi connectivity index (χ0n) is 10.5. The molecule has 0 aliphatic heterocycles. The molecule has 0 bridgehead atoms. The van der Waals surface area contributed by atoms with Crippen LogP contribution in [0.25, 0.3) is 0 Å². The molecular formula is C11H13N5O3. The summed E-state index contributed by atoms with van der Waals surface area (Å²) < 4.78 is 0. The van der Waals surface area contributed by atoms with E-state index in [1.54, 1.807) is 19.9 Å². The molecule has 19 heavy (non-hydrogen) atoms. The minimum atomic E-state index is -0.808. The van der Waals surface area contributed by atoms with Crippen LogP contribution in [-0.4, -0.2) is 21.4 Å². The first-order chi connectivity index (χ1) is 8.76. The summed E-state index contributed by atoms with van der Waals surface area (Å²) in [6.45, 7) is 3.31. The molecule has 0 aliphatic rings. The average Bonchev–Trinajstić information content (AvgIpc) is 2.25. The fraction of sp³-hybridized carbons (Fsp3) is 0.364. The largest absolute Gasteiger partial charge is 0.370 e. The molecule has 0 saturated heterocycles. The molecule has 8 nitrogen and oxygen atoms in total. The first-order valence-corrected chi connectivity index (χ1v) is 5.37. The van der Waals surface area contributed by atoms with Gasteiger partial charge in [-0.05, 0) is 19.9 Å². The highest BCUT2D eigenvalue weighted by Crippen LogP contribution is 2.28. The molecule has 0 aliphatic carbocycles. The molecule has 0 aromatic carbocycles. The van der Waals surface area contributed by atoms with E-state index < -0.39 is 22.1 Å². The monoisotopic (exact) mass is 263 g/mol. The van der Waals surface area contributed by atoms with Crippen LogP contribution in [0.2, 0.25) is 0 Å². The number of carbonyl (C=O) groups excluding carboxylic acids is 1. The van der Waals surface area contributed by atoms with Crippen LogP contribution in [0, 0.1) is 21.4 Å². The normalized spacial score (nSPS) is 10.6. The second-order valence-corrected chi connectivity index (χ2v) is 4.58. The number of nitro groups is 1. The molecule has 3 N–H and O–H groups in total. The van der Waals surface area contributed by atoms with Crippen LogP contribution < -0.4 is 11.1 Å².